The molecule has 0 radical (unpaired) electrons. The fourth-order valence-electron chi connectivity index (χ4n) is 1.62. The van der Waals surface area contributed by atoms with E-state index in [1.807, 2.05) is 0 Å². The summed E-state index contributed by atoms with van der Waals surface area (Å²) >= 11 is 6.47. The number of aromatic nitrogens is 1. The molecule has 0 saturated heterocycles. The van der Waals surface area contributed by atoms with E-state index in [0.29, 0.717) is 8.95 Å². The maximum absolute atomic E-state index is 11.9. The molecule has 0 aliphatic heterocycles. The van der Waals surface area contributed by atoms with Gasteiger partial charge in [-0.15, -0.1) is 0 Å². The van der Waals surface area contributed by atoms with Crippen LogP contribution in [0.1, 0.15) is 25.6 Å². The number of ether oxygens (including phenoxy) is 2. The molecule has 116 valence electrons. The largest absolute Gasteiger partial charge is 0.465 e. The zero-order valence-corrected chi connectivity index (χ0v) is 14.7. The van der Waals surface area contributed by atoms with Crippen LogP contribution in [0.3, 0.4) is 0 Å². The van der Waals surface area contributed by atoms with Crippen molar-refractivity contribution < 1.29 is 24.2 Å². The molecule has 21 heavy (non-hydrogen) atoms. The number of esters is 2. The van der Waals surface area contributed by atoms with Crippen LogP contribution in [-0.2, 0) is 19.1 Å². The Morgan fingerprint density at radius 1 is 1.24 bits per heavy atom. The smallest absolute Gasteiger partial charge is 0.323 e. The Morgan fingerprint density at radius 2 is 1.76 bits per heavy atom. The Balaban J connectivity index is 3.11. The molecule has 1 heterocycles. The normalized spacial score (nSPS) is 12.1. The lowest BCUT2D eigenvalue weighted by Gasteiger charge is -2.20. The molecule has 0 saturated carbocycles. The van der Waals surface area contributed by atoms with Crippen LogP contribution in [0.2, 0.25) is 0 Å². The third-order valence-electron chi connectivity index (χ3n) is 2.51. The Morgan fingerprint density at radius 3 is 2.19 bits per heavy atom. The number of carbonyl (C=O) groups excluding carboxylic acids is 2. The van der Waals surface area contributed by atoms with Gasteiger partial charge in [0.25, 0.3) is 0 Å². The quantitative estimate of drug-likeness (QED) is 0.557. The van der Waals surface area contributed by atoms with Crippen LogP contribution in [0.25, 0.3) is 0 Å². The highest BCUT2D eigenvalue weighted by molar-refractivity contribution is 9.11. The molecule has 0 aliphatic carbocycles. The fourth-order valence-corrected chi connectivity index (χ4v) is 2.84. The second-order valence-electron chi connectivity index (χ2n) is 3.95. The SMILES string of the molecule is CCOC(=O)C(C(=O)OCC)C(O)c1ncc(Br)cc1Br. The van der Waals surface area contributed by atoms with Crippen LogP contribution >= 0.6 is 31.9 Å². The van der Waals surface area contributed by atoms with Gasteiger partial charge in [-0.1, -0.05) is 0 Å². The zero-order chi connectivity index (χ0) is 16.0. The summed E-state index contributed by atoms with van der Waals surface area (Å²) in [5.74, 6) is -3.17. The third kappa shape index (κ3) is 4.76. The average molecular weight is 425 g/mol. The van der Waals surface area contributed by atoms with Crippen LogP contribution in [0.15, 0.2) is 21.2 Å². The number of pyridine rings is 1. The summed E-state index contributed by atoms with van der Waals surface area (Å²) in [5.41, 5.74) is 0.157. The summed E-state index contributed by atoms with van der Waals surface area (Å²) in [6.07, 6.45) is -0.0120. The highest BCUT2D eigenvalue weighted by Crippen LogP contribution is 2.30. The van der Waals surface area contributed by atoms with Crippen molar-refractivity contribution in [1.29, 1.82) is 0 Å². The van der Waals surface area contributed by atoms with Crippen LogP contribution in [-0.4, -0.2) is 35.2 Å². The van der Waals surface area contributed by atoms with E-state index in [1.54, 1.807) is 19.9 Å². The predicted molar refractivity (Wildman–Crippen MR) is 81.4 cm³/mol. The van der Waals surface area contributed by atoms with Gasteiger partial charge >= 0.3 is 11.9 Å². The maximum atomic E-state index is 11.9. The van der Waals surface area contributed by atoms with E-state index >= 15 is 0 Å². The van der Waals surface area contributed by atoms with Gasteiger partial charge < -0.3 is 14.6 Å². The van der Waals surface area contributed by atoms with Gasteiger partial charge in [0.15, 0.2) is 5.92 Å². The van der Waals surface area contributed by atoms with Crippen LogP contribution in [0, 0.1) is 5.92 Å². The minimum absolute atomic E-state index is 0.0936. The van der Waals surface area contributed by atoms with E-state index in [-0.39, 0.29) is 18.9 Å². The minimum Gasteiger partial charge on any atom is -0.465 e. The number of aliphatic hydroxyl groups excluding tert-OH is 1. The van der Waals surface area contributed by atoms with Gasteiger partial charge in [0, 0.05) is 15.1 Å². The number of nitrogens with zero attached hydrogens (tertiary/aromatic N) is 1. The fraction of sp³-hybridized carbons (Fsp3) is 0.462. The van der Waals surface area contributed by atoms with Gasteiger partial charge in [0.05, 0.1) is 18.9 Å². The second kappa shape index (κ2) is 8.45. The molecule has 1 unspecified atom stereocenters. The van der Waals surface area contributed by atoms with E-state index in [0.717, 1.165) is 0 Å². The molecule has 0 spiro atoms. The Labute approximate surface area is 139 Å². The first kappa shape index (κ1) is 18.1. The lowest BCUT2D eigenvalue weighted by atomic mass is 9.99. The number of hydrogen-bond donors (Lipinski definition) is 1. The van der Waals surface area contributed by atoms with Crippen LogP contribution in [0.5, 0.6) is 0 Å². The Hall–Kier alpha value is -0.990. The standard InChI is InChI=1S/C13H15Br2NO5/c1-3-20-12(18)9(13(19)21-4-2)11(17)10-8(15)5-7(14)6-16-10/h5-6,9,11,17H,3-4H2,1-2H3. The topological polar surface area (TPSA) is 85.7 Å². The molecule has 1 aromatic heterocycles. The zero-order valence-electron chi connectivity index (χ0n) is 11.5. The van der Waals surface area contributed by atoms with E-state index in [9.17, 15) is 14.7 Å². The summed E-state index contributed by atoms with van der Waals surface area (Å²) in [5, 5.41) is 10.3. The molecule has 6 nitrogen and oxygen atoms in total. The Bertz CT molecular complexity index is 505. The van der Waals surface area contributed by atoms with Gasteiger partial charge in [-0.25, -0.2) is 0 Å². The summed E-state index contributed by atoms with van der Waals surface area (Å²) < 4.78 is 10.8. The summed E-state index contributed by atoms with van der Waals surface area (Å²) in [6.45, 7) is 3.41. The van der Waals surface area contributed by atoms with Crippen molar-refractivity contribution >= 4 is 43.8 Å². The summed E-state index contributed by atoms with van der Waals surface area (Å²) in [6, 6.07) is 1.65. The molecular weight excluding hydrogens is 410 g/mol. The molecule has 0 amide bonds. The number of carbonyl (C=O) groups is 2. The first-order valence-corrected chi connectivity index (χ1v) is 7.83. The van der Waals surface area contributed by atoms with Gasteiger partial charge in [0.1, 0.15) is 6.10 Å². The molecule has 0 aromatic carbocycles. The highest BCUT2D eigenvalue weighted by Gasteiger charge is 2.39. The molecule has 0 aliphatic rings. The van der Waals surface area contributed by atoms with Gasteiger partial charge in [-0.3, -0.25) is 14.6 Å². The second-order valence-corrected chi connectivity index (χ2v) is 5.72. The first-order chi connectivity index (χ1) is 9.92. The highest BCUT2D eigenvalue weighted by atomic mass is 79.9. The van der Waals surface area contributed by atoms with E-state index < -0.39 is 24.0 Å². The molecule has 1 atom stereocenters. The van der Waals surface area contributed by atoms with Crippen molar-refractivity contribution in [2.24, 2.45) is 5.92 Å². The molecule has 1 N–H and O–H groups in total. The van der Waals surface area contributed by atoms with Crippen molar-refractivity contribution in [2.75, 3.05) is 13.2 Å². The predicted octanol–water partition coefficient (Wildman–Crippen LogP) is 2.38. The monoisotopic (exact) mass is 423 g/mol. The maximum Gasteiger partial charge on any atom is 0.323 e. The van der Waals surface area contributed by atoms with Crippen molar-refractivity contribution in [3.8, 4) is 0 Å². The molecule has 0 fully saturated rings. The van der Waals surface area contributed by atoms with Crippen LogP contribution < -0.4 is 0 Å². The number of hydrogen-bond acceptors (Lipinski definition) is 6. The minimum atomic E-state index is -1.48. The summed E-state index contributed by atoms with van der Waals surface area (Å²) in [4.78, 5) is 27.9. The van der Waals surface area contributed by atoms with Crippen molar-refractivity contribution in [3.05, 3.63) is 26.9 Å². The lowest BCUT2D eigenvalue weighted by molar-refractivity contribution is -0.167. The van der Waals surface area contributed by atoms with Crippen molar-refractivity contribution in [2.45, 2.75) is 20.0 Å². The summed E-state index contributed by atoms with van der Waals surface area (Å²) in [7, 11) is 0. The van der Waals surface area contributed by atoms with Crippen molar-refractivity contribution in [3.63, 3.8) is 0 Å². The lowest BCUT2D eigenvalue weighted by Crippen LogP contribution is -2.34. The molecule has 1 rings (SSSR count). The van der Waals surface area contributed by atoms with Gasteiger partial charge in [0.2, 0.25) is 0 Å². The third-order valence-corrected chi connectivity index (χ3v) is 3.58. The number of halogens is 2. The average Bonchev–Trinajstić information content (AvgIpc) is 2.39. The van der Waals surface area contributed by atoms with E-state index in [1.165, 1.54) is 6.20 Å². The van der Waals surface area contributed by atoms with E-state index in [4.69, 9.17) is 9.47 Å². The van der Waals surface area contributed by atoms with Crippen molar-refractivity contribution in [1.82, 2.24) is 4.98 Å². The molecule has 0 bridgehead atoms. The van der Waals surface area contributed by atoms with Crippen LogP contribution in [0.4, 0.5) is 0 Å². The molecule has 8 heteroatoms. The van der Waals surface area contributed by atoms with E-state index in [2.05, 4.69) is 36.8 Å². The first-order valence-electron chi connectivity index (χ1n) is 6.24. The Kier molecular flexibility index (Phi) is 7.27. The van der Waals surface area contributed by atoms with Gasteiger partial charge in [-0.05, 0) is 51.8 Å². The van der Waals surface area contributed by atoms with Gasteiger partial charge in [-0.2, -0.15) is 0 Å². The molecular formula is C13H15Br2NO5. The number of rotatable bonds is 6. The number of aliphatic hydroxyl groups is 1. The molecule has 1 aromatic rings.